The topological polar surface area (TPSA) is 81.2 Å². The molecule has 0 fully saturated rings. The number of anilines is 1. The average Bonchev–Trinajstić information content (AvgIpc) is 2.16. The summed E-state index contributed by atoms with van der Waals surface area (Å²) in [5.41, 5.74) is 3.06. The Kier molecular flexibility index (Phi) is 3.10. The Morgan fingerprint density at radius 3 is 2.77 bits per heavy atom. The fourth-order valence-electron chi connectivity index (χ4n) is 0.997. The molecule has 1 rings (SSSR count). The summed E-state index contributed by atoms with van der Waals surface area (Å²) in [4.78, 5) is 10.7. The summed E-state index contributed by atoms with van der Waals surface area (Å²) < 4.78 is 0. The van der Waals surface area contributed by atoms with Crippen LogP contribution < -0.4 is 11.3 Å². The van der Waals surface area contributed by atoms with Crippen molar-refractivity contribution in [2.24, 2.45) is 5.84 Å². The van der Waals surface area contributed by atoms with Crippen molar-refractivity contribution in [3.63, 3.8) is 0 Å². The van der Waals surface area contributed by atoms with E-state index in [1.54, 1.807) is 18.4 Å². The Bertz CT molecular complexity index is 330. The number of nitrogens with one attached hydrogen (secondary N) is 1. The van der Waals surface area contributed by atoms with E-state index in [2.05, 4.69) is 5.43 Å². The van der Waals surface area contributed by atoms with Crippen molar-refractivity contribution in [2.75, 3.05) is 11.7 Å². The summed E-state index contributed by atoms with van der Waals surface area (Å²) in [5, 5.41) is 10.6. The molecule has 0 unspecified atom stereocenters. The highest BCUT2D eigenvalue weighted by atomic mass is 32.2. The first-order valence-corrected chi connectivity index (χ1v) is 4.71. The Hall–Kier alpha value is -1.27. The van der Waals surface area contributed by atoms with Gasteiger partial charge in [0.2, 0.25) is 0 Å². The number of hydrogen-bond acceptors (Lipinski definition) is 5. The molecule has 0 bridgehead atoms. The Morgan fingerprint density at radius 1 is 1.62 bits per heavy atom. The van der Waals surface area contributed by atoms with Gasteiger partial charge < -0.3 is 5.43 Å². The number of nitrogens with zero attached hydrogens (tertiary/aromatic N) is 1. The second-order valence-electron chi connectivity index (χ2n) is 2.26. The van der Waals surface area contributed by atoms with Gasteiger partial charge in [-0.25, -0.2) is 0 Å². The minimum Gasteiger partial charge on any atom is -0.323 e. The quantitative estimate of drug-likeness (QED) is 0.334. The average molecular weight is 199 g/mol. The van der Waals surface area contributed by atoms with E-state index in [-0.39, 0.29) is 5.69 Å². The van der Waals surface area contributed by atoms with Gasteiger partial charge in [-0.2, -0.15) is 0 Å². The summed E-state index contributed by atoms with van der Waals surface area (Å²) in [6.07, 6.45) is 1.77. The Balaban J connectivity index is 3.27. The molecule has 6 heteroatoms. The van der Waals surface area contributed by atoms with E-state index in [9.17, 15) is 10.1 Å². The molecule has 1 aromatic rings. The molecule has 70 valence electrons. The van der Waals surface area contributed by atoms with Crippen LogP contribution in [0.1, 0.15) is 0 Å². The second-order valence-corrected chi connectivity index (χ2v) is 3.08. The highest BCUT2D eigenvalue weighted by molar-refractivity contribution is 7.98. The lowest BCUT2D eigenvalue weighted by Crippen LogP contribution is -2.08. The molecule has 0 atom stereocenters. The molecule has 0 saturated carbocycles. The minimum atomic E-state index is -0.424. The van der Waals surface area contributed by atoms with Gasteiger partial charge in [-0.05, 0) is 12.3 Å². The first-order chi connectivity index (χ1) is 6.20. The van der Waals surface area contributed by atoms with E-state index in [4.69, 9.17) is 5.84 Å². The number of nitro groups is 1. The summed E-state index contributed by atoms with van der Waals surface area (Å²) in [6, 6.07) is 4.73. The van der Waals surface area contributed by atoms with Crippen molar-refractivity contribution in [3.8, 4) is 0 Å². The van der Waals surface area contributed by atoms with Gasteiger partial charge in [0.1, 0.15) is 4.90 Å². The molecular formula is C7H9N3O2S. The van der Waals surface area contributed by atoms with Crippen LogP contribution in [0.15, 0.2) is 23.1 Å². The molecule has 5 nitrogen and oxygen atoms in total. The number of nitro benzene ring substituents is 1. The fraction of sp³-hybridized carbons (Fsp3) is 0.143. The molecule has 0 amide bonds. The van der Waals surface area contributed by atoms with Gasteiger partial charge in [0.25, 0.3) is 5.69 Å². The maximum Gasteiger partial charge on any atom is 0.285 e. The molecule has 0 aliphatic rings. The van der Waals surface area contributed by atoms with E-state index in [1.165, 1.54) is 17.8 Å². The molecule has 1 aromatic carbocycles. The van der Waals surface area contributed by atoms with Crippen molar-refractivity contribution in [1.82, 2.24) is 0 Å². The number of hydrazine groups is 1. The van der Waals surface area contributed by atoms with Crippen molar-refractivity contribution >= 4 is 23.1 Å². The second kappa shape index (κ2) is 4.11. The molecular weight excluding hydrogens is 190 g/mol. The molecule has 13 heavy (non-hydrogen) atoms. The molecule has 3 N–H and O–H groups in total. The number of nitrogen functional groups attached to an aromatic ring is 1. The van der Waals surface area contributed by atoms with Gasteiger partial charge in [-0.3, -0.25) is 16.0 Å². The van der Waals surface area contributed by atoms with Gasteiger partial charge in [-0.15, -0.1) is 11.8 Å². The van der Waals surface area contributed by atoms with E-state index in [0.717, 1.165) is 0 Å². The summed E-state index contributed by atoms with van der Waals surface area (Å²) in [6.45, 7) is 0. The lowest BCUT2D eigenvalue weighted by molar-refractivity contribution is -0.387. The van der Waals surface area contributed by atoms with Crippen LogP contribution in [-0.4, -0.2) is 11.2 Å². The number of hydrogen-bond donors (Lipinski definition) is 2. The molecule has 0 aromatic heterocycles. The van der Waals surface area contributed by atoms with E-state index in [1.807, 2.05) is 0 Å². The van der Waals surface area contributed by atoms with Gasteiger partial charge in [0.15, 0.2) is 0 Å². The maximum absolute atomic E-state index is 10.6. The predicted molar refractivity (Wildman–Crippen MR) is 52.7 cm³/mol. The van der Waals surface area contributed by atoms with Crippen LogP contribution in [0.5, 0.6) is 0 Å². The highest BCUT2D eigenvalue weighted by Crippen LogP contribution is 2.33. The Labute approximate surface area is 79.4 Å². The monoisotopic (exact) mass is 199 g/mol. The largest absolute Gasteiger partial charge is 0.323 e. The van der Waals surface area contributed by atoms with Crippen molar-refractivity contribution in [2.45, 2.75) is 4.90 Å². The predicted octanol–water partition coefficient (Wildman–Crippen LogP) is 1.60. The number of nitrogens with two attached hydrogens (primary N) is 1. The number of rotatable bonds is 3. The van der Waals surface area contributed by atoms with Crippen LogP contribution in [0.4, 0.5) is 11.4 Å². The highest BCUT2D eigenvalue weighted by Gasteiger charge is 2.15. The molecule has 0 spiro atoms. The first kappa shape index (κ1) is 9.82. The van der Waals surface area contributed by atoms with E-state index >= 15 is 0 Å². The molecule has 0 radical (unpaired) electrons. The third kappa shape index (κ3) is 1.90. The van der Waals surface area contributed by atoms with Gasteiger partial charge in [0, 0.05) is 6.07 Å². The lowest BCUT2D eigenvalue weighted by Gasteiger charge is -2.05. The Morgan fingerprint density at radius 2 is 2.31 bits per heavy atom. The molecule has 0 heterocycles. The smallest absolute Gasteiger partial charge is 0.285 e. The van der Waals surface area contributed by atoms with E-state index in [0.29, 0.717) is 10.6 Å². The third-order valence-corrected chi connectivity index (χ3v) is 2.39. The van der Waals surface area contributed by atoms with Crippen LogP contribution in [0.3, 0.4) is 0 Å². The van der Waals surface area contributed by atoms with Crippen molar-refractivity contribution in [3.05, 3.63) is 28.3 Å². The molecule has 0 aliphatic heterocycles. The SMILES string of the molecule is CSc1c(NN)cccc1[N+](=O)[O-]. The summed E-state index contributed by atoms with van der Waals surface area (Å²) in [5.74, 6) is 5.21. The first-order valence-electron chi connectivity index (χ1n) is 3.48. The van der Waals surface area contributed by atoms with Crippen molar-refractivity contribution in [1.29, 1.82) is 0 Å². The summed E-state index contributed by atoms with van der Waals surface area (Å²) >= 11 is 1.29. The van der Waals surface area contributed by atoms with Crippen LogP contribution in [0.2, 0.25) is 0 Å². The van der Waals surface area contributed by atoms with Crippen molar-refractivity contribution < 1.29 is 4.92 Å². The third-order valence-electron chi connectivity index (χ3n) is 1.55. The van der Waals surface area contributed by atoms with Crippen LogP contribution in [0, 0.1) is 10.1 Å². The zero-order valence-electron chi connectivity index (χ0n) is 6.98. The lowest BCUT2D eigenvalue weighted by atomic mass is 10.3. The van der Waals surface area contributed by atoms with Gasteiger partial charge in [-0.1, -0.05) is 6.07 Å². The minimum absolute atomic E-state index is 0.0722. The van der Waals surface area contributed by atoms with Gasteiger partial charge in [0.05, 0.1) is 10.6 Å². The number of benzene rings is 1. The standard InChI is InChI=1S/C7H9N3O2S/c1-13-7-5(9-8)3-2-4-6(7)10(11)12/h2-4,9H,8H2,1H3. The molecule has 0 saturated heterocycles. The van der Waals surface area contributed by atoms with Crippen LogP contribution in [-0.2, 0) is 0 Å². The zero-order chi connectivity index (χ0) is 9.84. The number of thioether (sulfide) groups is 1. The molecule has 0 aliphatic carbocycles. The zero-order valence-corrected chi connectivity index (χ0v) is 7.80. The normalized spacial score (nSPS) is 9.69. The van der Waals surface area contributed by atoms with E-state index < -0.39 is 4.92 Å². The van der Waals surface area contributed by atoms with Crippen LogP contribution in [0.25, 0.3) is 0 Å². The fourth-order valence-corrected chi connectivity index (χ4v) is 1.70. The summed E-state index contributed by atoms with van der Waals surface area (Å²) in [7, 11) is 0. The van der Waals surface area contributed by atoms with Gasteiger partial charge >= 0.3 is 0 Å². The maximum atomic E-state index is 10.6. The van der Waals surface area contributed by atoms with Crippen LogP contribution >= 0.6 is 11.8 Å².